The molecule has 2 amide bonds. The molecular weight excluding hydrogens is 428 g/mol. The van der Waals surface area contributed by atoms with Gasteiger partial charge in [0, 0.05) is 25.4 Å². The van der Waals surface area contributed by atoms with E-state index in [0.29, 0.717) is 17.7 Å². The number of hydrogen-bond donors (Lipinski definition) is 2. The number of nitrogens with one attached hydrogen (secondary N) is 2. The fraction of sp³-hybridized carbons (Fsp3) is 0.348. The molecule has 9 heteroatoms. The van der Waals surface area contributed by atoms with Gasteiger partial charge in [0.25, 0.3) is 5.91 Å². The Balaban J connectivity index is 1.66. The second-order valence-corrected chi connectivity index (χ2v) is 9.72. The average molecular weight is 457 g/mol. The Bertz CT molecular complexity index is 1100. The highest BCUT2D eigenvalue weighted by Gasteiger charge is 2.24. The van der Waals surface area contributed by atoms with Crippen molar-refractivity contribution in [3.8, 4) is 0 Å². The average Bonchev–Trinajstić information content (AvgIpc) is 2.74. The zero-order chi connectivity index (χ0) is 23.1. The van der Waals surface area contributed by atoms with Crippen molar-refractivity contribution in [2.75, 3.05) is 0 Å². The highest BCUT2D eigenvalue weighted by Crippen LogP contribution is 2.15. The molecule has 0 unspecified atom stereocenters. The molecule has 0 atom stereocenters. The summed E-state index contributed by atoms with van der Waals surface area (Å²) in [5.74, 6) is -0.663. The monoisotopic (exact) mass is 456 g/mol. The Kier molecular flexibility index (Phi) is 7.76. The highest BCUT2D eigenvalue weighted by molar-refractivity contribution is 7.88. The lowest BCUT2D eigenvalue weighted by atomic mass is 10.1. The minimum atomic E-state index is -3.49. The van der Waals surface area contributed by atoms with Crippen molar-refractivity contribution in [1.82, 2.24) is 15.0 Å². The maximum atomic E-state index is 12.7. The summed E-state index contributed by atoms with van der Waals surface area (Å²) in [6, 6.07) is 16.4. The molecule has 1 aliphatic rings. The van der Waals surface area contributed by atoms with Crippen LogP contribution in [-0.2, 0) is 38.5 Å². The number of carbonyl (C=O) groups is 2. The first-order valence-corrected chi connectivity index (χ1v) is 12.2. The summed E-state index contributed by atoms with van der Waals surface area (Å²) in [7, 11) is -3.49. The summed E-state index contributed by atoms with van der Waals surface area (Å²) in [5, 5.41) is 8.40. The summed E-state index contributed by atoms with van der Waals surface area (Å²) in [4.78, 5) is 24.9. The molecule has 0 aliphatic carbocycles. The molecule has 32 heavy (non-hydrogen) atoms. The fourth-order valence-electron chi connectivity index (χ4n) is 3.40. The second kappa shape index (κ2) is 10.5. The van der Waals surface area contributed by atoms with E-state index < -0.39 is 10.0 Å². The Hall–Kier alpha value is -3.04. The largest absolute Gasteiger partial charge is 0.347 e. The van der Waals surface area contributed by atoms with Gasteiger partial charge in [-0.25, -0.2) is 18.1 Å². The summed E-state index contributed by atoms with van der Waals surface area (Å²) < 4.78 is 27.2. The Morgan fingerprint density at radius 2 is 1.69 bits per heavy atom. The summed E-state index contributed by atoms with van der Waals surface area (Å²) >= 11 is 0. The van der Waals surface area contributed by atoms with Gasteiger partial charge in [0.05, 0.1) is 12.3 Å². The molecule has 0 aromatic heterocycles. The van der Waals surface area contributed by atoms with Crippen LogP contribution in [0.15, 0.2) is 59.7 Å². The third-order valence-corrected chi connectivity index (χ3v) is 6.38. The molecule has 0 radical (unpaired) electrons. The molecule has 1 aliphatic heterocycles. The number of hydrazone groups is 1. The molecule has 0 bridgehead atoms. The first-order chi connectivity index (χ1) is 15.2. The molecule has 0 saturated heterocycles. The number of sulfonamides is 1. The zero-order valence-corrected chi connectivity index (χ0v) is 19.1. The van der Waals surface area contributed by atoms with Crippen molar-refractivity contribution in [3.05, 3.63) is 71.3 Å². The topological polar surface area (TPSA) is 108 Å². The molecule has 3 rings (SSSR count). The summed E-state index contributed by atoms with van der Waals surface area (Å²) in [5.41, 5.74) is 2.54. The molecule has 0 spiro atoms. The van der Waals surface area contributed by atoms with Crippen molar-refractivity contribution < 1.29 is 18.0 Å². The van der Waals surface area contributed by atoms with E-state index in [1.807, 2.05) is 30.3 Å². The zero-order valence-electron chi connectivity index (χ0n) is 18.2. The van der Waals surface area contributed by atoms with Gasteiger partial charge in [-0.2, -0.15) is 5.10 Å². The third-order valence-electron chi connectivity index (χ3n) is 4.86. The van der Waals surface area contributed by atoms with Crippen molar-refractivity contribution in [3.63, 3.8) is 0 Å². The van der Waals surface area contributed by atoms with E-state index in [2.05, 4.69) is 15.1 Å². The van der Waals surface area contributed by atoms with Crippen molar-refractivity contribution in [1.29, 1.82) is 0 Å². The van der Waals surface area contributed by atoms with Crippen LogP contribution >= 0.6 is 0 Å². The molecule has 170 valence electrons. The van der Waals surface area contributed by atoms with Gasteiger partial charge >= 0.3 is 0 Å². The molecule has 1 heterocycles. The third kappa shape index (κ3) is 6.73. The van der Waals surface area contributed by atoms with E-state index in [9.17, 15) is 18.0 Å². The number of amides is 2. The van der Waals surface area contributed by atoms with Gasteiger partial charge in [-0.3, -0.25) is 9.59 Å². The van der Waals surface area contributed by atoms with Crippen molar-refractivity contribution >= 4 is 27.5 Å². The van der Waals surface area contributed by atoms with Crippen LogP contribution in [-0.4, -0.2) is 37.0 Å². The minimum absolute atomic E-state index is 0.126. The lowest BCUT2D eigenvalue weighted by molar-refractivity contribution is -0.132. The number of benzene rings is 2. The number of hydrogen-bond acceptors (Lipinski definition) is 5. The minimum Gasteiger partial charge on any atom is -0.347 e. The molecule has 2 aromatic carbocycles. The summed E-state index contributed by atoms with van der Waals surface area (Å²) in [6.45, 7) is 4.00. The van der Waals surface area contributed by atoms with E-state index in [4.69, 9.17) is 0 Å². The van der Waals surface area contributed by atoms with Gasteiger partial charge in [0.15, 0.2) is 0 Å². The molecule has 0 saturated carbocycles. The normalized spacial score (nSPS) is 14.4. The predicted molar refractivity (Wildman–Crippen MR) is 123 cm³/mol. The van der Waals surface area contributed by atoms with Gasteiger partial charge in [0.2, 0.25) is 15.9 Å². The number of carbonyl (C=O) groups excluding carboxylic acids is 2. The predicted octanol–water partition coefficient (Wildman–Crippen LogP) is 2.31. The Morgan fingerprint density at radius 3 is 2.38 bits per heavy atom. The van der Waals surface area contributed by atoms with Crippen molar-refractivity contribution in [2.45, 2.75) is 51.6 Å². The van der Waals surface area contributed by atoms with E-state index in [-0.39, 0.29) is 48.7 Å². The van der Waals surface area contributed by atoms with Crippen molar-refractivity contribution in [2.24, 2.45) is 5.10 Å². The molecule has 0 fully saturated rings. The van der Waals surface area contributed by atoms with Gasteiger partial charge < -0.3 is 5.32 Å². The van der Waals surface area contributed by atoms with Crippen LogP contribution < -0.4 is 10.0 Å². The lowest BCUT2D eigenvalue weighted by Gasteiger charge is -2.23. The fourth-order valence-corrected chi connectivity index (χ4v) is 4.89. The molecule has 2 aromatic rings. The maximum Gasteiger partial charge on any atom is 0.267 e. The quantitative estimate of drug-likeness (QED) is 0.604. The number of rotatable bonds is 9. The SMILES string of the molecule is CC(C)NS(=O)(=O)Cc1ccccc1CNC(=O)C1=NN(Cc2ccccc2)C(=O)CC1. The van der Waals surface area contributed by atoms with Crippen LogP contribution in [0.5, 0.6) is 0 Å². The van der Waals surface area contributed by atoms with Crippen LogP contribution in [0.1, 0.15) is 43.4 Å². The lowest BCUT2D eigenvalue weighted by Crippen LogP contribution is -2.38. The standard InChI is InChI=1S/C23H28N4O4S/c1-17(2)26-32(30,31)16-20-11-7-6-10-19(20)14-24-23(29)21-12-13-22(28)27(25-21)15-18-8-4-3-5-9-18/h3-11,17,26H,12-16H2,1-2H3,(H,24,29). The van der Waals surface area contributed by atoms with E-state index in [1.165, 1.54) is 5.01 Å². The smallest absolute Gasteiger partial charge is 0.267 e. The Morgan fingerprint density at radius 1 is 1.03 bits per heavy atom. The van der Waals surface area contributed by atoms with Crippen LogP contribution in [0.2, 0.25) is 0 Å². The molecule has 2 N–H and O–H groups in total. The van der Waals surface area contributed by atoms with E-state index in [0.717, 1.165) is 5.56 Å². The maximum absolute atomic E-state index is 12.7. The first kappa shape index (κ1) is 23.6. The van der Waals surface area contributed by atoms with Crippen LogP contribution in [0.3, 0.4) is 0 Å². The summed E-state index contributed by atoms with van der Waals surface area (Å²) in [6.07, 6.45) is 0.485. The number of nitrogens with zero attached hydrogens (tertiary/aromatic N) is 2. The second-order valence-electron chi connectivity index (χ2n) is 7.97. The van der Waals surface area contributed by atoms with Crippen LogP contribution in [0.4, 0.5) is 0 Å². The van der Waals surface area contributed by atoms with Gasteiger partial charge in [0.1, 0.15) is 5.71 Å². The highest BCUT2D eigenvalue weighted by atomic mass is 32.2. The Labute approximate surface area is 188 Å². The van der Waals surface area contributed by atoms with Crippen LogP contribution in [0.25, 0.3) is 0 Å². The first-order valence-electron chi connectivity index (χ1n) is 10.5. The van der Waals surface area contributed by atoms with Gasteiger partial charge in [-0.15, -0.1) is 0 Å². The molecule has 8 nitrogen and oxygen atoms in total. The van der Waals surface area contributed by atoms with E-state index in [1.54, 1.807) is 38.1 Å². The van der Waals surface area contributed by atoms with Gasteiger partial charge in [-0.1, -0.05) is 54.6 Å². The molecular formula is C23H28N4O4S. The van der Waals surface area contributed by atoms with Crippen LogP contribution in [0, 0.1) is 0 Å². The van der Waals surface area contributed by atoms with E-state index >= 15 is 0 Å². The van der Waals surface area contributed by atoms with Gasteiger partial charge in [-0.05, 0) is 30.5 Å².